The standard InChI is InChI=1S/C21H27N3O.2ClH/c1-17(15-22-2)21(25)24-14-8-13-23(16-18-9-4-3-5-10-18)19-11-6-7-12-20(19)24;;/h3-7,9-12,17,22H,8,13-16H2,1-2H3;2*1H. The molecule has 0 aliphatic carbocycles. The molecule has 6 heteroatoms. The van der Waals surface area contributed by atoms with Crippen LogP contribution in [0.2, 0.25) is 0 Å². The second-order valence-electron chi connectivity index (χ2n) is 6.70. The van der Waals surface area contributed by atoms with E-state index in [1.165, 1.54) is 5.56 Å². The van der Waals surface area contributed by atoms with Crippen LogP contribution in [0.5, 0.6) is 0 Å². The third-order valence-electron chi connectivity index (χ3n) is 4.74. The third-order valence-corrected chi connectivity index (χ3v) is 4.74. The molecule has 1 amide bonds. The van der Waals surface area contributed by atoms with Crippen LogP contribution in [0.25, 0.3) is 0 Å². The number of nitrogens with one attached hydrogen (secondary N) is 1. The van der Waals surface area contributed by atoms with Crippen LogP contribution in [0.3, 0.4) is 0 Å². The Morgan fingerprint density at radius 1 is 1.00 bits per heavy atom. The van der Waals surface area contributed by atoms with Crippen molar-refractivity contribution in [3.05, 3.63) is 60.2 Å². The highest BCUT2D eigenvalue weighted by Crippen LogP contribution is 2.33. The minimum atomic E-state index is -0.0290. The number of hydrogen-bond donors (Lipinski definition) is 1. The second kappa shape index (κ2) is 11.2. The Labute approximate surface area is 174 Å². The van der Waals surface area contributed by atoms with Crippen LogP contribution in [-0.4, -0.2) is 32.6 Å². The maximum Gasteiger partial charge on any atom is 0.231 e. The van der Waals surface area contributed by atoms with Crippen molar-refractivity contribution in [2.24, 2.45) is 5.92 Å². The molecule has 0 saturated heterocycles. The van der Waals surface area contributed by atoms with E-state index in [1.807, 2.05) is 31.0 Å². The van der Waals surface area contributed by atoms with E-state index in [1.54, 1.807) is 0 Å². The van der Waals surface area contributed by atoms with Gasteiger partial charge in [0.2, 0.25) is 5.91 Å². The van der Waals surface area contributed by atoms with Gasteiger partial charge in [-0.3, -0.25) is 4.79 Å². The lowest BCUT2D eigenvalue weighted by Crippen LogP contribution is -2.39. The van der Waals surface area contributed by atoms with Crippen molar-refractivity contribution in [3.63, 3.8) is 0 Å². The molecular formula is C21H29Cl2N3O. The van der Waals surface area contributed by atoms with E-state index in [0.29, 0.717) is 6.54 Å². The summed E-state index contributed by atoms with van der Waals surface area (Å²) >= 11 is 0. The second-order valence-corrected chi connectivity index (χ2v) is 6.70. The number of fused-ring (bicyclic) bond motifs is 1. The molecule has 1 heterocycles. The number of para-hydroxylation sites is 2. The molecular weight excluding hydrogens is 381 g/mol. The summed E-state index contributed by atoms with van der Waals surface area (Å²) in [5.41, 5.74) is 3.47. The van der Waals surface area contributed by atoms with Crippen LogP contribution >= 0.6 is 24.8 Å². The molecule has 2 aromatic carbocycles. The lowest BCUT2D eigenvalue weighted by molar-refractivity contribution is -0.121. The zero-order chi connectivity index (χ0) is 17.6. The van der Waals surface area contributed by atoms with E-state index in [-0.39, 0.29) is 36.6 Å². The predicted molar refractivity (Wildman–Crippen MR) is 118 cm³/mol. The van der Waals surface area contributed by atoms with E-state index >= 15 is 0 Å². The van der Waals surface area contributed by atoms with E-state index < -0.39 is 0 Å². The molecule has 148 valence electrons. The molecule has 0 spiro atoms. The van der Waals surface area contributed by atoms with Gasteiger partial charge in [-0.15, -0.1) is 24.8 Å². The van der Waals surface area contributed by atoms with Gasteiger partial charge in [-0.2, -0.15) is 0 Å². The smallest absolute Gasteiger partial charge is 0.231 e. The topological polar surface area (TPSA) is 35.6 Å². The highest BCUT2D eigenvalue weighted by molar-refractivity contribution is 5.98. The summed E-state index contributed by atoms with van der Waals surface area (Å²) in [5.74, 6) is 0.169. The fourth-order valence-electron chi connectivity index (χ4n) is 3.48. The van der Waals surface area contributed by atoms with Gasteiger partial charge in [0.05, 0.1) is 11.4 Å². The molecule has 1 aliphatic heterocycles. The van der Waals surface area contributed by atoms with Crippen molar-refractivity contribution >= 4 is 42.1 Å². The molecule has 0 aromatic heterocycles. The summed E-state index contributed by atoms with van der Waals surface area (Å²) in [5, 5.41) is 3.11. The first-order chi connectivity index (χ1) is 12.2. The van der Waals surface area contributed by atoms with E-state index in [2.05, 4.69) is 52.7 Å². The van der Waals surface area contributed by atoms with Crippen LogP contribution < -0.4 is 15.1 Å². The average molecular weight is 410 g/mol. The third kappa shape index (κ3) is 5.61. The molecule has 0 fully saturated rings. The number of benzene rings is 2. The van der Waals surface area contributed by atoms with Gasteiger partial charge in [0, 0.05) is 32.1 Å². The van der Waals surface area contributed by atoms with Crippen molar-refractivity contribution in [1.29, 1.82) is 0 Å². The minimum absolute atomic E-state index is 0. The Kier molecular flexibility index (Phi) is 9.64. The fraction of sp³-hybridized carbons (Fsp3) is 0.381. The fourth-order valence-corrected chi connectivity index (χ4v) is 3.48. The molecule has 1 N–H and O–H groups in total. The van der Waals surface area contributed by atoms with Gasteiger partial charge in [0.1, 0.15) is 0 Å². The zero-order valence-electron chi connectivity index (χ0n) is 15.9. The van der Waals surface area contributed by atoms with Crippen molar-refractivity contribution in [2.75, 3.05) is 36.5 Å². The Balaban J connectivity index is 0.00000182. The van der Waals surface area contributed by atoms with E-state index in [0.717, 1.165) is 37.4 Å². The van der Waals surface area contributed by atoms with Gasteiger partial charge in [-0.1, -0.05) is 49.4 Å². The van der Waals surface area contributed by atoms with Crippen molar-refractivity contribution in [1.82, 2.24) is 5.32 Å². The summed E-state index contributed by atoms with van der Waals surface area (Å²) in [6.07, 6.45) is 0.972. The van der Waals surface area contributed by atoms with Crippen molar-refractivity contribution in [3.8, 4) is 0 Å². The van der Waals surface area contributed by atoms with Gasteiger partial charge in [-0.25, -0.2) is 0 Å². The molecule has 4 nitrogen and oxygen atoms in total. The average Bonchev–Trinajstić information content (AvgIpc) is 2.82. The number of carbonyl (C=O) groups is 1. The molecule has 1 atom stereocenters. The van der Waals surface area contributed by atoms with Gasteiger partial charge >= 0.3 is 0 Å². The summed E-state index contributed by atoms with van der Waals surface area (Å²) in [6, 6.07) is 18.8. The molecule has 0 radical (unpaired) electrons. The lowest BCUT2D eigenvalue weighted by Gasteiger charge is -2.28. The largest absolute Gasteiger partial charge is 0.365 e. The Bertz CT molecular complexity index is 712. The highest BCUT2D eigenvalue weighted by atomic mass is 35.5. The van der Waals surface area contributed by atoms with E-state index in [9.17, 15) is 4.79 Å². The normalized spacial score (nSPS) is 14.3. The summed E-state index contributed by atoms with van der Waals surface area (Å²) in [4.78, 5) is 17.3. The zero-order valence-corrected chi connectivity index (χ0v) is 17.6. The number of hydrogen-bond acceptors (Lipinski definition) is 3. The number of anilines is 2. The molecule has 2 aromatic rings. The number of halogens is 2. The maximum absolute atomic E-state index is 12.9. The predicted octanol–water partition coefficient (Wildman–Crippen LogP) is 4.13. The van der Waals surface area contributed by atoms with Gasteiger partial charge in [-0.05, 0) is 31.2 Å². The van der Waals surface area contributed by atoms with Crippen LogP contribution in [0, 0.1) is 5.92 Å². The quantitative estimate of drug-likeness (QED) is 0.805. The van der Waals surface area contributed by atoms with Crippen molar-refractivity contribution < 1.29 is 4.79 Å². The van der Waals surface area contributed by atoms with Crippen LogP contribution in [0.4, 0.5) is 11.4 Å². The number of nitrogens with zero attached hydrogens (tertiary/aromatic N) is 2. The molecule has 3 rings (SSSR count). The molecule has 1 aliphatic rings. The molecule has 27 heavy (non-hydrogen) atoms. The molecule has 0 bridgehead atoms. The van der Waals surface area contributed by atoms with Gasteiger partial charge in [0.25, 0.3) is 0 Å². The van der Waals surface area contributed by atoms with Crippen LogP contribution in [0.1, 0.15) is 18.9 Å². The first-order valence-corrected chi connectivity index (χ1v) is 9.04. The summed E-state index contributed by atoms with van der Waals surface area (Å²) in [6.45, 7) is 5.29. The van der Waals surface area contributed by atoms with Crippen LogP contribution in [-0.2, 0) is 11.3 Å². The Morgan fingerprint density at radius 2 is 1.63 bits per heavy atom. The lowest BCUT2D eigenvalue weighted by atomic mass is 10.1. The Morgan fingerprint density at radius 3 is 2.30 bits per heavy atom. The summed E-state index contributed by atoms with van der Waals surface area (Å²) < 4.78 is 0. The number of amides is 1. The minimum Gasteiger partial charge on any atom is -0.365 e. The first-order valence-electron chi connectivity index (χ1n) is 9.04. The maximum atomic E-state index is 12.9. The van der Waals surface area contributed by atoms with Crippen LogP contribution in [0.15, 0.2) is 54.6 Å². The molecule has 0 saturated carbocycles. The van der Waals surface area contributed by atoms with Crippen molar-refractivity contribution in [2.45, 2.75) is 19.9 Å². The SMILES string of the molecule is CNCC(C)C(=O)N1CCCN(Cc2ccccc2)c2ccccc21.Cl.Cl. The first kappa shape index (κ1) is 23.3. The summed E-state index contributed by atoms with van der Waals surface area (Å²) in [7, 11) is 1.89. The van der Waals surface area contributed by atoms with E-state index in [4.69, 9.17) is 0 Å². The Hall–Kier alpha value is -1.75. The van der Waals surface area contributed by atoms with Gasteiger partial charge < -0.3 is 15.1 Å². The van der Waals surface area contributed by atoms with Gasteiger partial charge in [0.15, 0.2) is 0 Å². The highest BCUT2D eigenvalue weighted by Gasteiger charge is 2.27. The monoisotopic (exact) mass is 409 g/mol. The molecule has 1 unspecified atom stereocenters. The number of carbonyl (C=O) groups excluding carboxylic acids is 1. The number of rotatable bonds is 5.